The van der Waals surface area contributed by atoms with Crippen LogP contribution >= 0.6 is 11.6 Å². The van der Waals surface area contributed by atoms with Gasteiger partial charge in [0.05, 0.1) is 17.4 Å². The van der Waals surface area contributed by atoms with Crippen molar-refractivity contribution in [1.29, 1.82) is 0 Å². The molecule has 0 aliphatic heterocycles. The first-order valence-corrected chi connectivity index (χ1v) is 7.15. The highest BCUT2D eigenvalue weighted by Crippen LogP contribution is 2.24. The molecular weight excluding hydrogens is 282 g/mol. The number of aromatic nitrogens is 2. The number of nitrogens with two attached hydrogens (primary N) is 1. The lowest BCUT2D eigenvalue weighted by Gasteiger charge is -2.11. The molecule has 3 aromatic rings. The van der Waals surface area contributed by atoms with E-state index in [4.69, 9.17) is 17.3 Å². The lowest BCUT2D eigenvalue weighted by molar-refractivity contribution is 0.773. The van der Waals surface area contributed by atoms with Gasteiger partial charge in [-0.05, 0) is 42.3 Å². The van der Waals surface area contributed by atoms with Gasteiger partial charge in [0.15, 0.2) is 0 Å². The molecule has 0 amide bonds. The Labute approximate surface area is 129 Å². The van der Waals surface area contributed by atoms with E-state index in [1.54, 1.807) is 0 Å². The average Bonchev–Trinajstić information content (AvgIpc) is 3.00. The summed E-state index contributed by atoms with van der Waals surface area (Å²) in [5.74, 6) is 0. The minimum atomic E-state index is -0.284. The van der Waals surface area contributed by atoms with Crippen LogP contribution in [-0.2, 0) is 0 Å². The van der Waals surface area contributed by atoms with Crippen molar-refractivity contribution in [2.75, 3.05) is 0 Å². The third-order valence-electron chi connectivity index (χ3n) is 3.50. The van der Waals surface area contributed by atoms with E-state index < -0.39 is 0 Å². The van der Waals surface area contributed by atoms with Crippen LogP contribution in [-0.4, -0.2) is 9.78 Å². The quantitative estimate of drug-likeness (QED) is 0.797. The molecule has 2 aromatic carbocycles. The molecule has 4 heteroatoms. The lowest BCUT2D eigenvalue weighted by Crippen LogP contribution is -2.13. The minimum Gasteiger partial charge on any atom is -0.319 e. The van der Waals surface area contributed by atoms with Crippen molar-refractivity contribution in [2.24, 2.45) is 5.73 Å². The first kappa shape index (κ1) is 13.9. The minimum absolute atomic E-state index is 0.284. The number of benzene rings is 2. The summed E-state index contributed by atoms with van der Waals surface area (Å²) in [6.07, 6.45) is 1.92. The molecule has 0 aliphatic rings. The molecule has 106 valence electrons. The Morgan fingerprint density at radius 3 is 2.57 bits per heavy atom. The number of halogens is 1. The largest absolute Gasteiger partial charge is 0.319 e. The van der Waals surface area contributed by atoms with Gasteiger partial charge in [0.1, 0.15) is 0 Å². The van der Waals surface area contributed by atoms with Gasteiger partial charge in [0, 0.05) is 11.2 Å². The second-order valence-electron chi connectivity index (χ2n) is 5.01. The van der Waals surface area contributed by atoms with Crippen LogP contribution in [0.4, 0.5) is 0 Å². The molecule has 1 aromatic heterocycles. The number of rotatable bonds is 3. The summed E-state index contributed by atoms with van der Waals surface area (Å²) in [5.41, 5.74) is 10.1. The predicted octanol–water partition coefficient (Wildman–Crippen LogP) is 3.88. The van der Waals surface area contributed by atoms with Crippen LogP contribution in [0.25, 0.3) is 5.69 Å². The molecule has 0 radical (unpaired) electrons. The SMILES string of the molecule is Cc1ccc(C(N)c2ccn(-c3ccccc3)n2)cc1Cl. The maximum Gasteiger partial charge on any atom is 0.0841 e. The van der Waals surface area contributed by atoms with Crippen LogP contribution < -0.4 is 5.73 Å². The zero-order valence-corrected chi connectivity index (χ0v) is 12.5. The Morgan fingerprint density at radius 2 is 1.86 bits per heavy atom. The van der Waals surface area contributed by atoms with E-state index in [9.17, 15) is 0 Å². The van der Waals surface area contributed by atoms with Gasteiger partial charge in [0.25, 0.3) is 0 Å². The highest BCUT2D eigenvalue weighted by Gasteiger charge is 2.13. The molecule has 1 heterocycles. The fourth-order valence-corrected chi connectivity index (χ4v) is 2.39. The van der Waals surface area contributed by atoms with Gasteiger partial charge in [-0.15, -0.1) is 0 Å². The maximum absolute atomic E-state index is 6.29. The normalized spacial score (nSPS) is 12.3. The summed E-state index contributed by atoms with van der Waals surface area (Å²) >= 11 is 6.17. The lowest BCUT2D eigenvalue weighted by atomic mass is 10.0. The van der Waals surface area contributed by atoms with Gasteiger partial charge in [0.2, 0.25) is 0 Å². The molecule has 0 saturated heterocycles. The highest BCUT2D eigenvalue weighted by molar-refractivity contribution is 6.31. The van der Waals surface area contributed by atoms with Gasteiger partial charge >= 0.3 is 0 Å². The zero-order chi connectivity index (χ0) is 14.8. The van der Waals surface area contributed by atoms with Crippen LogP contribution in [0.5, 0.6) is 0 Å². The monoisotopic (exact) mass is 297 g/mol. The summed E-state index contributed by atoms with van der Waals surface area (Å²) < 4.78 is 1.82. The second-order valence-corrected chi connectivity index (χ2v) is 5.41. The molecule has 0 spiro atoms. The van der Waals surface area contributed by atoms with E-state index in [-0.39, 0.29) is 6.04 Å². The van der Waals surface area contributed by atoms with Crippen LogP contribution in [0.3, 0.4) is 0 Å². The topological polar surface area (TPSA) is 43.8 Å². The molecule has 0 bridgehead atoms. The van der Waals surface area contributed by atoms with Crippen molar-refractivity contribution in [2.45, 2.75) is 13.0 Å². The number of hydrogen-bond acceptors (Lipinski definition) is 2. The summed E-state index contributed by atoms with van der Waals surface area (Å²) in [4.78, 5) is 0. The Bertz CT molecular complexity index is 750. The van der Waals surface area contributed by atoms with E-state index in [1.807, 2.05) is 72.4 Å². The summed E-state index contributed by atoms with van der Waals surface area (Å²) in [7, 11) is 0. The molecule has 1 atom stereocenters. The number of nitrogens with zero attached hydrogens (tertiary/aromatic N) is 2. The van der Waals surface area contributed by atoms with E-state index in [0.717, 1.165) is 27.5 Å². The third kappa shape index (κ3) is 2.84. The fourth-order valence-electron chi connectivity index (χ4n) is 2.20. The van der Waals surface area contributed by atoms with Gasteiger partial charge in [-0.1, -0.05) is 41.9 Å². The van der Waals surface area contributed by atoms with Gasteiger partial charge in [-0.2, -0.15) is 5.10 Å². The third-order valence-corrected chi connectivity index (χ3v) is 3.91. The van der Waals surface area contributed by atoms with Gasteiger partial charge in [-0.25, -0.2) is 4.68 Å². The van der Waals surface area contributed by atoms with E-state index in [0.29, 0.717) is 0 Å². The fraction of sp³-hybridized carbons (Fsp3) is 0.118. The van der Waals surface area contributed by atoms with Crippen molar-refractivity contribution in [3.05, 3.63) is 82.6 Å². The standard InChI is InChI=1S/C17H16ClN3/c1-12-7-8-13(11-15(12)18)17(19)16-9-10-21(20-16)14-5-3-2-4-6-14/h2-11,17H,19H2,1H3. The van der Waals surface area contributed by atoms with Gasteiger partial charge < -0.3 is 5.73 Å². The van der Waals surface area contributed by atoms with Crippen molar-refractivity contribution in [3.8, 4) is 5.69 Å². The molecule has 3 rings (SSSR count). The summed E-state index contributed by atoms with van der Waals surface area (Å²) in [6.45, 7) is 1.97. The van der Waals surface area contributed by atoms with Crippen molar-refractivity contribution >= 4 is 11.6 Å². The highest BCUT2D eigenvalue weighted by atomic mass is 35.5. The first-order valence-electron chi connectivity index (χ1n) is 6.78. The molecule has 2 N–H and O–H groups in total. The molecular formula is C17H16ClN3. The number of aryl methyl sites for hydroxylation is 1. The van der Waals surface area contributed by atoms with Crippen molar-refractivity contribution < 1.29 is 0 Å². The Hall–Kier alpha value is -2.10. The van der Waals surface area contributed by atoms with Crippen LogP contribution in [0.2, 0.25) is 5.02 Å². The molecule has 21 heavy (non-hydrogen) atoms. The Kier molecular flexibility index (Phi) is 3.78. The predicted molar refractivity (Wildman–Crippen MR) is 85.8 cm³/mol. The summed E-state index contributed by atoms with van der Waals surface area (Å²) in [5, 5.41) is 5.28. The molecule has 0 aliphatic carbocycles. The first-order chi connectivity index (χ1) is 10.1. The van der Waals surface area contributed by atoms with Crippen LogP contribution in [0, 0.1) is 6.92 Å². The zero-order valence-electron chi connectivity index (χ0n) is 11.7. The average molecular weight is 298 g/mol. The molecule has 0 fully saturated rings. The Balaban J connectivity index is 1.90. The molecule has 0 saturated carbocycles. The smallest absolute Gasteiger partial charge is 0.0841 e. The number of hydrogen-bond donors (Lipinski definition) is 1. The molecule has 3 nitrogen and oxygen atoms in total. The Morgan fingerprint density at radius 1 is 1.10 bits per heavy atom. The van der Waals surface area contributed by atoms with Crippen LogP contribution in [0.15, 0.2) is 60.8 Å². The van der Waals surface area contributed by atoms with E-state index >= 15 is 0 Å². The van der Waals surface area contributed by atoms with E-state index in [1.165, 1.54) is 0 Å². The van der Waals surface area contributed by atoms with Gasteiger partial charge in [-0.3, -0.25) is 0 Å². The van der Waals surface area contributed by atoms with E-state index in [2.05, 4.69) is 5.10 Å². The second kappa shape index (κ2) is 5.72. The summed E-state index contributed by atoms with van der Waals surface area (Å²) in [6, 6.07) is 17.5. The maximum atomic E-state index is 6.29. The molecule has 1 unspecified atom stereocenters. The van der Waals surface area contributed by atoms with Crippen molar-refractivity contribution in [1.82, 2.24) is 9.78 Å². The van der Waals surface area contributed by atoms with Crippen LogP contribution in [0.1, 0.15) is 22.9 Å². The van der Waals surface area contributed by atoms with Crippen molar-refractivity contribution in [3.63, 3.8) is 0 Å². The number of para-hydroxylation sites is 1.